The van der Waals surface area contributed by atoms with E-state index in [9.17, 15) is 9.59 Å². The first-order valence-electron chi connectivity index (χ1n) is 12.4. The smallest absolute Gasteiger partial charge is 0.182 e. The van der Waals surface area contributed by atoms with E-state index in [0.717, 1.165) is 18.3 Å². The van der Waals surface area contributed by atoms with Gasteiger partial charge in [-0.1, -0.05) is 97.1 Å². The van der Waals surface area contributed by atoms with Crippen LogP contribution in [0.3, 0.4) is 0 Å². The van der Waals surface area contributed by atoms with Crippen molar-refractivity contribution in [3.63, 3.8) is 0 Å². The third-order valence-corrected chi connectivity index (χ3v) is 8.76. The number of carbonyl (C=O) groups is 2. The minimum atomic E-state index is -0.701. The standard InChI is InChI=1S/C32H30I2N2O2/c1-35(21-25-17-9-11-19-27(25)33)29(31(37)23-13-5-3-6-14-23)30(32(38)24-15-7-4-8-16-24)36(2)22-26-18-10-12-20-28(26)34/h3-20,29-30H,21-22H2,1-2H3/t29-,30+. The van der Waals surface area contributed by atoms with Gasteiger partial charge in [0.1, 0.15) is 0 Å². The zero-order chi connectivity index (χ0) is 27.1. The van der Waals surface area contributed by atoms with Gasteiger partial charge in [-0.25, -0.2) is 0 Å². The highest BCUT2D eigenvalue weighted by Gasteiger charge is 2.40. The van der Waals surface area contributed by atoms with Crippen molar-refractivity contribution in [2.75, 3.05) is 14.1 Å². The van der Waals surface area contributed by atoms with Crippen LogP contribution < -0.4 is 0 Å². The lowest BCUT2D eigenvalue weighted by Crippen LogP contribution is -2.56. The lowest BCUT2D eigenvalue weighted by atomic mass is 9.89. The van der Waals surface area contributed by atoms with Gasteiger partial charge in [0.05, 0.1) is 12.1 Å². The molecule has 0 heterocycles. The Bertz CT molecular complexity index is 1270. The van der Waals surface area contributed by atoms with Gasteiger partial charge in [0.15, 0.2) is 11.6 Å². The van der Waals surface area contributed by atoms with E-state index in [4.69, 9.17) is 0 Å². The average Bonchev–Trinajstić information content (AvgIpc) is 2.94. The zero-order valence-corrected chi connectivity index (χ0v) is 25.7. The largest absolute Gasteiger partial charge is 0.292 e. The van der Waals surface area contributed by atoms with Crippen LogP contribution in [0.5, 0.6) is 0 Å². The topological polar surface area (TPSA) is 40.6 Å². The maximum absolute atomic E-state index is 14.2. The Labute approximate surface area is 252 Å². The second-order valence-corrected chi connectivity index (χ2v) is 11.7. The molecule has 0 N–H and O–H groups in total. The zero-order valence-electron chi connectivity index (χ0n) is 21.4. The third kappa shape index (κ3) is 6.97. The van der Waals surface area contributed by atoms with Gasteiger partial charge in [-0.3, -0.25) is 19.4 Å². The van der Waals surface area contributed by atoms with Crippen LogP contribution in [0.4, 0.5) is 0 Å². The van der Waals surface area contributed by atoms with Crippen molar-refractivity contribution >= 4 is 56.7 Å². The molecule has 194 valence electrons. The Kier molecular flexibility index (Phi) is 10.2. The highest BCUT2D eigenvalue weighted by Crippen LogP contribution is 2.25. The van der Waals surface area contributed by atoms with Crippen LogP contribution in [0.1, 0.15) is 31.8 Å². The van der Waals surface area contributed by atoms with E-state index in [-0.39, 0.29) is 11.6 Å². The summed E-state index contributed by atoms with van der Waals surface area (Å²) in [5.41, 5.74) is 3.43. The molecular formula is C32H30I2N2O2. The molecule has 2 atom stereocenters. The summed E-state index contributed by atoms with van der Waals surface area (Å²) in [4.78, 5) is 32.5. The van der Waals surface area contributed by atoms with Crippen LogP contribution in [0.2, 0.25) is 0 Å². The molecular weight excluding hydrogens is 698 g/mol. The van der Waals surface area contributed by atoms with Crippen molar-refractivity contribution in [2.24, 2.45) is 0 Å². The van der Waals surface area contributed by atoms with E-state index in [2.05, 4.69) is 69.4 Å². The van der Waals surface area contributed by atoms with E-state index in [1.54, 1.807) is 0 Å². The summed E-state index contributed by atoms with van der Waals surface area (Å²) in [5, 5.41) is 0. The van der Waals surface area contributed by atoms with E-state index < -0.39 is 12.1 Å². The number of carbonyl (C=O) groups excluding carboxylic acids is 2. The maximum atomic E-state index is 14.2. The molecule has 0 aliphatic heterocycles. The molecule has 0 aliphatic rings. The van der Waals surface area contributed by atoms with Crippen molar-refractivity contribution in [1.82, 2.24) is 9.80 Å². The Balaban J connectivity index is 1.80. The number of rotatable bonds is 11. The molecule has 0 unspecified atom stereocenters. The summed E-state index contributed by atoms with van der Waals surface area (Å²) in [6.07, 6.45) is 0. The van der Waals surface area contributed by atoms with Gasteiger partial charge in [0.25, 0.3) is 0 Å². The SMILES string of the molecule is CN(Cc1ccccc1I)[C@H](C(=O)c1ccccc1)[C@H](C(=O)c1ccccc1)N(C)Cc1ccccc1I. The van der Waals surface area contributed by atoms with Crippen LogP contribution in [0.15, 0.2) is 109 Å². The van der Waals surface area contributed by atoms with Crippen LogP contribution in [-0.4, -0.2) is 47.5 Å². The van der Waals surface area contributed by atoms with Crippen molar-refractivity contribution in [1.29, 1.82) is 0 Å². The van der Waals surface area contributed by atoms with Crippen LogP contribution in [0.25, 0.3) is 0 Å². The molecule has 0 aliphatic carbocycles. The normalized spacial score (nSPS) is 12.9. The fourth-order valence-corrected chi connectivity index (χ4v) is 5.82. The number of hydrogen-bond acceptors (Lipinski definition) is 4. The Morgan fingerprint density at radius 2 is 0.868 bits per heavy atom. The summed E-state index contributed by atoms with van der Waals surface area (Å²) in [7, 11) is 3.89. The van der Waals surface area contributed by atoms with Gasteiger partial charge in [0, 0.05) is 31.4 Å². The first kappa shape index (κ1) is 28.6. The molecule has 4 aromatic carbocycles. The summed E-state index contributed by atoms with van der Waals surface area (Å²) in [6.45, 7) is 1.08. The van der Waals surface area contributed by atoms with Crippen molar-refractivity contribution in [3.05, 3.63) is 139 Å². The van der Waals surface area contributed by atoms with Gasteiger partial charge in [-0.2, -0.15) is 0 Å². The molecule has 4 rings (SSSR count). The molecule has 0 radical (unpaired) electrons. The summed E-state index contributed by atoms with van der Waals surface area (Å²) in [5.74, 6) is -0.133. The molecule has 0 saturated heterocycles. The average molecular weight is 728 g/mol. The highest BCUT2D eigenvalue weighted by molar-refractivity contribution is 14.1. The summed E-state index contributed by atoms with van der Waals surface area (Å²) < 4.78 is 2.25. The second kappa shape index (κ2) is 13.6. The number of Topliss-reactive ketones (excluding diaryl/α,β-unsaturated/α-hetero) is 2. The molecule has 0 spiro atoms. The summed E-state index contributed by atoms with van der Waals surface area (Å²) in [6, 6.07) is 33.5. The minimum Gasteiger partial charge on any atom is -0.292 e. The quantitative estimate of drug-likeness (QED) is 0.124. The van der Waals surface area contributed by atoms with Crippen LogP contribution >= 0.6 is 45.2 Å². The maximum Gasteiger partial charge on any atom is 0.182 e. The Morgan fingerprint density at radius 1 is 0.553 bits per heavy atom. The third-order valence-electron chi connectivity index (χ3n) is 6.66. The molecule has 0 amide bonds. The molecule has 6 heteroatoms. The van der Waals surface area contributed by atoms with Gasteiger partial charge < -0.3 is 0 Å². The monoisotopic (exact) mass is 728 g/mol. The number of benzene rings is 4. The number of nitrogens with zero attached hydrogens (tertiary/aromatic N) is 2. The molecule has 4 aromatic rings. The van der Waals surface area contributed by atoms with E-state index in [1.807, 2.05) is 109 Å². The molecule has 38 heavy (non-hydrogen) atoms. The first-order valence-corrected chi connectivity index (χ1v) is 14.6. The van der Waals surface area contributed by atoms with Crippen LogP contribution in [0, 0.1) is 7.14 Å². The van der Waals surface area contributed by atoms with Gasteiger partial charge >= 0.3 is 0 Å². The Hall–Kier alpha value is -2.40. The minimum absolute atomic E-state index is 0.0667. The van der Waals surface area contributed by atoms with E-state index >= 15 is 0 Å². The second-order valence-electron chi connectivity index (χ2n) is 9.36. The van der Waals surface area contributed by atoms with Crippen molar-refractivity contribution in [3.8, 4) is 0 Å². The van der Waals surface area contributed by atoms with Gasteiger partial charge in [-0.15, -0.1) is 0 Å². The number of halogens is 2. The number of ketones is 2. The highest BCUT2D eigenvalue weighted by atomic mass is 127. The molecule has 0 aromatic heterocycles. The van der Waals surface area contributed by atoms with E-state index in [0.29, 0.717) is 24.2 Å². The molecule has 0 saturated carbocycles. The van der Waals surface area contributed by atoms with Crippen molar-refractivity contribution < 1.29 is 9.59 Å². The first-order chi connectivity index (χ1) is 18.4. The molecule has 4 nitrogen and oxygen atoms in total. The Morgan fingerprint density at radius 3 is 1.21 bits per heavy atom. The lowest BCUT2D eigenvalue weighted by molar-refractivity contribution is 0.0541. The fraction of sp³-hybridized carbons (Fsp3) is 0.188. The molecule has 0 fully saturated rings. The number of likely N-dealkylation sites (N-methyl/N-ethyl adjacent to an activating group) is 2. The predicted octanol–water partition coefficient (Wildman–Crippen LogP) is 6.96. The van der Waals surface area contributed by atoms with Gasteiger partial charge in [-0.05, 0) is 82.5 Å². The fourth-order valence-electron chi connectivity index (χ4n) is 4.70. The van der Waals surface area contributed by atoms with Crippen molar-refractivity contribution in [2.45, 2.75) is 25.2 Å². The van der Waals surface area contributed by atoms with Crippen LogP contribution in [-0.2, 0) is 13.1 Å². The molecule has 0 bridgehead atoms. The number of hydrogen-bond donors (Lipinski definition) is 0. The predicted molar refractivity (Wildman–Crippen MR) is 170 cm³/mol. The van der Waals surface area contributed by atoms with E-state index in [1.165, 1.54) is 0 Å². The van der Waals surface area contributed by atoms with Gasteiger partial charge in [0.2, 0.25) is 0 Å². The lowest BCUT2D eigenvalue weighted by Gasteiger charge is -2.38. The summed E-state index contributed by atoms with van der Waals surface area (Å²) >= 11 is 4.66.